The number of amides is 1. The van der Waals surface area contributed by atoms with Crippen molar-refractivity contribution in [1.29, 1.82) is 0 Å². The van der Waals surface area contributed by atoms with Crippen LogP contribution in [0.2, 0.25) is 0 Å². The molecule has 116 valence electrons. The zero-order valence-corrected chi connectivity index (χ0v) is 13.1. The first kappa shape index (κ1) is 14.0. The highest BCUT2D eigenvalue weighted by Gasteiger charge is 2.28. The Kier molecular flexibility index (Phi) is 3.19. The molecule has 0 spiro atoms. The van der Waals surface area contributed by atoms with Crippen molar-refractivity contribution in [3.05, 3.63) is 51.0 Å². The number of aryl methyl sites for hydroxylation is 1. The van der Waals surface area contributed by atoms with Gasteiger partial charge in [0.05, 0.1) is 0 Å². The van der Waals surface area contributed by atoms with Crippen molar-refractivity contribution in [2.24, 2.45) is 0 Å². The van der Waals surface area contributed by atoms with E-state index in [2.05, 4.69) is 20.5 Å². The Morgan fingerprint density at radius 1 is 1.39 bits per heavy atom. The third-order valence-electron chi connectivity index (χ3n) is 3.70. The molecule has 1 amide bonds. The van der Waals surface area contributed by atoms with E-state index in [9.17, 15) is 9.59 Å². The maximum absolute atomic E-state index is 12.4. The van der Waals surface area contributed by atoms with Gasteiger partial charge in [0.15, 0.2) is 0 Å². The Balaban J connectivity index is 1.64. The van der Waals surface area contributed by atoms with Crippen molar-refractivity contribution < 1.29 is 4.79 Å². The second kappa shape index (κ2) is 5.24. The fourth-order valence-electron chi connectivity index (χ4n) is 2.28. The largest absolute Gasteiger partial charge is 0.296 e. The van der Waals surface area contributed by atoms with Crippen LogP contribution in [-0.4, -0.2) is 25.5 Å². The van der Waals surface area contributed by atoms with E-state index in [1.54, 1.807) is 18.3 Å². The molecular weight excluding hydrogens is 314 g/mol. The number of pyridine rings is 1. The van der Waals surface area contributed by atoms with Crippen molar-refractivity contribution in [3.63, 3.8) is 0 Å². The van der Waals surface area contributed by atoms with Gasteiger partial charge >= 0.3 is 0 Å². The molecule has 1 fully saturated rings. The number of anilines is 1. The maximum atomic E-state index is 12.4. The van der Waals surface area contributed by atoms with Crippen LogP contribution in [0, 0.1) is 6.92 Å². The maximum Gasteiger partial charge on any atom is 0.270 e. The van der Waals surface area contributed by atoms with E-state index in [1.807, 2.05) is 6.92 Å². The zero-order chi connectivity index (χ0) is 16.0. The monoisotopic (exact) mass is 327 g/mol. The van der Waals surface area contributed by atoms with Gasteiger partial charge in [-0.2, -0.15) is 0 Å². The number of carbonyl (C=O) groups is 1. The van der Waals surface area contributed by atoms with Crippen LogP contribution in [0.3, 0.4) is 0 Å². The molecule has 1 aliphatic rings. The minimum atomic E-state index is -0.518. The smallest absolute Gasteiger partial charge is 0.270 e. The number of fused-ring (bicyclic) bond motifs is 1. The van der Waals surface area contributed by atoms with Crippen LogP contribution < -0.4 is 10.9 Å². The highest BCUT2D eigenvalue weighted by molar-refractivity contribution is 7.15. The molecule has 1 aliphatic carbocycles. The number of hydrogen-bond acceptors (Lipinski definition) is 6. The molecular formula is C15H13N5O2S. The van der Waals surface area contributed by atoms with Gasteiger partial charge in [-0.15, -0.1) is 10.2 Å². The number of rotatable bonds is 3. The molecule has 0 radical (unpaired) electrons. The van der Waals surface area contributed by atoms with Gasteiger partial charge in [-0.3, -0.25) is 19.3 Å². The fourth-order valence-corrected chi connectivity index (χ4v) is 3.18. The van der Waals surface area contributed by atoms with E-state index in [-0.39, 0.29) is 5.56 Å². The van der Waals surface area contributed by atoms with Gasteiger partial charge in [-0.1, -0.05) is 11.3 Å². The Morgan fingerprint density at radius 3 is 3.00 bits per heavy atom. The summed E-state index contributed by atoms with van der Waals surface area (Å²) in [5, 5.41) is 12.0. The average molecular weight is 327 g/mol. The standard InChI is InChI=1S/C15H13N5O2S/c1-8-4-5-20-11(6-8)16-7-10(14(20)22)12(21)17-15-19-18-13(23-15)9-2-3-9/h4-7,9H,2-3H2,1H3,(H,17,19,21). The van der Waals surface area contributed by atoms with Crippen LogP contribution in [0.25, 0.3) is 5.65 Å². The molecule has 3 heterocycles. The number of nitrogens with one attached hydrogen (secondary N) is 1. The highest BCUT2D eigenvalue weighted by Crippen LogP contribution is 2.42. The summed E-state index contributed by atoms with van der Waals surface area (Å²) in [6.07, 6.45) is 5.16. The SMILES string of the molecule is Cc1ccn2c(=O)c(C(=O)Nc3nnc(C4CC4)s3)cnc2c1. The minimum absolute atomic E-state index is 0.0190. The zero-order valence-electron chi connectivity index (χ0n) is 12.3. The summed E-state index contributed by atoms with van der Waals surface area (Å²) in [5.74, 6) is -0.0367. The predicted molar refractivity (Wildman–Crippen MR) is 86.0 cm³/mol. The summed E-state index contributed by atoms with van der Waals surface area (Å²) in [4.78, 5) is 28.9. The molecule has 0 unspecified atom stereocenters. The molecule has 0 atom stereocenters. The predicted octanol–water partition coefficient (Wildman–Crippen LogP) is 1.98. The summed E-state index contributed by atoms with van der Waals surface area (Å²) in [6, 6.07) is 3.58. The van der Waals surface area contributed by atoms with Crippen molar-refractivity contribution in [2.75, 3.05) is 5.32 Å². The lowest BCUT2D eigenvalue weighted by Crippen LogP contribution is -2.26. The van der Waals surface area contributed by atoms with Gasteiger partial charge in [0, 0.05) is 18.3 Å². The van der Waals surface area contributed by atoms with Gasteiger partial charge in [0.1, 0.15) is 16.2 Å². The quantitative estimate of drug-likeness (QED) is 0.794. The lowest BCUT2D eigenvalue weighted by atomic mass is 10.2. The summed E-state index contributed by atoms with van der Waals surface area (Å²) < 4.78 is 1.36. The van der Waals surface area contributed by atoms with E-state index in [4.69, 9.17) is 0 Å². The van der Waals surface area contributed by atoms with Gasteiger partial charge in [0.25, 0.3) is 11.5 Å². The Bertz CT molecular complexity index is 973. The van der Waals surface area contributed by atoms with Crippen molar-refractivity contribution >= 4 is 28.0 Å². The van der Waals surface area contributed by atoms with E-state index in [0.717, 1.165) is 23.4 Å². The molecule has 23 heavy (non-hydrogen) atoms. The summed E-state index contributed by atoms with van der Waals surface area (Å²) in [7, 11) is 0. The van der Waals surface area contributed by atoms with Crippen LogP contribution in [0.15, 0.2) is 29.3 Å². The third-order valence-corrected chi connectivity index (χ3v) is 4.70. The summed E-state index contributed by atoms with van der Waals surface area (Å²) in [6.45, 7) is 1.92. The first-order valence-corrected chi connectivity index (χ1v) is 8.06. The van der Waals surface area contributed by atoms with Crippen LogP contribution in [-0.2, 0) is 0 Å². The number of carbonyl (C=O) groups excluding carboxylic acids is 1. The fraction of sp³-hybridized carbons (Fsp3) is 0.267. The average Bonchev–Trinajstić information content (AvgIpc) is 3.27. The minimum Gasteiger partial charge on any atom is -0.296 e. The van der Waals surface area contributed by atoms with Crippen LogP contribution in [0.1, 0.15) is 39.7 Å². The molecule has 3 aromatic rings. The van der Waals surface area contributed by atoms with Crippen LogP contribution in [0.5, 0.6) is 0 Å². The van der Waals surface area contributed by atoms with Gasteiger partial charge < -0.3 is 0 Å². The van der Waals surface area contributed by atoms with Crippen molar-refractivity contribution in [3.8, 4) is 0 Å². The Labute approximate surface area is 135 Å². The van der Waals surface area contributed by atoms with E-state index in [1.165, 1.54) is 21.9 Å². The molecule has 8 heteroatoms. The number of aromatic nitrogens is 4. The lowest BCUT2D eigenvalue weighted by Gasteiger charge is -2.04. The van der Waals surface area contributed by atoms with Gasteiger partial charge in [0.2, 0.25) is 5.13 Å². The first-order valence-electron chi connectivity index (χ1n) is 7.24. The summed E-state index contributed by atoms with van der Waals surface area (Å²) in [5.41, 5.74) is 1.09. The molecule has 0 aliphatic heterocycles. The third kappa shape index (κ3) is 2.61. The Hall–Kier alpha value is -2.61. The summed E-state index contributed by atoms with van der Waals surface area (Å²) >= 11 is 1.35. The Morgan fingerprint density at radius 2 is 2.22 bits per heavy atom. The molecule has 7 nitrogen and oxygen atoms in total. The van der Waals surface area contributed by atoms with Crippen LogP contribution in [0.4, 0.5) is 5.13 Å². The molecule has 0 bridgehead atoms. The molecule has 0 saturated heterocycles. The lowest BCUT2D eigenvalue weighted by molar-refractivity contribution is 0.102. The first-order chi connectivity index (χ1) is 11.1. The second-order valence-corrected chi connectivity index (χ2v) is 6.59. The molecule has 1 N–H and O–H groups in total. The van der Waals surface area contributed by atoms with Gasteiger partial charge in [-0.25, -0.2) is 4.98 Å². The highest BCUT2D eigenvalue weighted by atomic mass is 32.1. The normalized spacial score (nSPS) is 14.1. The van der Waals surface area contributed by atoms with Crippen LogP contribution >= 0.6 is 11.3 Å². The van der Waals surface area contributed by atoms with Gasteiger partial charge in [-0.05, 0) is 37.5 Å². The molecule has 3 aromatic heterocycles. The van der Waals surface area contributed by atoms with Crippen molar-refractivity contribution in [2.45, 2.75) is 25.7 Å². The van der Waals surface area contributed by atoms with E-state index < -0.39 is 11.5 Å². The molecule has 1 saturated carbocycles. The second-order valence-electron chi connectivity index (χ2n) is 5.58. The topological polar surface area (TPSA) is 89.2 Å². The van der Waals surface area contributed by atoms with E-state index in [0.29, 0.717) is 16.7 Å². The number of hydrogen-bond donors (Lipinski definition) is 1. The molecule has 4 rings (SSSR count). The number of nitrogens with zero attached hydrogens (tertiary/aromatic N) is 4. The van der Waals surface area contributed by atoms with E-state index >= 15 is 0 Å². The van der Waals surface area contributed by atoms with Crippen molar-refractivity contribution in [1.82, 2.24) is 19.6 Å². The molecule has 0 aromatic carbocycles.